The Morgan fingerprint density at radius 1 is 1.33 bits per heavy atom. The van der Waals surface area contributed by atoms with E-state index in [9.17, 15) is 5.11 Å². The molecule has 2 aromatic rings. The van der Waals surface area contributed by atoms with Gasteiger partial charge in [0.15, 0.2) is 0 Å². The molecule has 0 bridgehead atoms. The summed E-state index contributed by atoms with van der Waals surface area (Å²) < 4.78 is 5.36. The molecule has 2 unspecified atom stereocenters. The number of nitrogens with two attached hydrogens (primary N) is 1. The van der Waals surface area contributed by atoms with Crippen LogP contribution in [0.5, 0.6) is 5.75 Å². The van der Waals surface area contributed by atoms with Crippen molar-refractivity contribution in [1.82, 2.24) is 4.98 Å². The third-order valence-corrected chi connectivity index (χ3v) is 4.85. The highest BCUT2D eigenvalue weighted by molar-refractivity contribution is 7.11. The van der Waals surface area contributed by atoms with E-state index < -0.39 is 6.10 Å². The van der Waals surface area contributed by atoms with Crippen LogP contribution in [0.4, 0.5) is 0 Å². The van der Waals surface area contributed by atoms with E-state index in [1.165, 1.54) is 11.3 Å². The van der Waals surface area contributed by atoms with Crippen LogP contribution in [0.15, 0.2) is 18.2 Å². The first kappa shape index (κ1) is 15.9. The predicted molar refractivity (Wildman–Crippen MR) is 86.1 cm³/mol. The van der Waals surface area contributed by atoms with Crippen molar-refractivity contribution in [3.05, 3.63) is 44.9 Å². The Morgan fingerprint density at radius 3 is 2.57 bits per heavy atom. The third-order valence-electron chi connectivity index (χ3n) is 3.70. The van der Waals surface area contributed by atoms with E-state index in [-0.39, 0.29) is 5.92 Å². The minimum absolute atomic E-state index is 0.168. The van der Waals surface area contributed by atoms with E-state index >= 15 is 0 Å². The van der Waals surface area contributed by atoms with Crippen molar-refractivity contribution in [3.8, 4) is 5.75 Å². The average molecular weight is 306 g/mol. The first-order valence-corrected chi connectivity index (χ1v) is 7.76. The highest BCUT2D eigenvalue weighted by Crippen LogP contribution is 2.36. The van der Waals surface area contributed by atoms with Gasteiger partial charge < -0.3 is 15.6 Å². The summed E-state index contributed by atoms with van der Waals surface area (Å²) in [6, 6.07) is 5.95. The lowest BCUT2D eigenvalue weighted by Crippen LogP contribution is -2.20. The Bertz CT molecular complexity index is 625. The monoisotopic (exact) mass is 306 g/mol. The number of rotatable bonds is 5. The van der Waals surface area contributed by atoms with Gasteiger partial charge in [0, 0.05) is 12.5 Å². The number of benzene rings is 1. The van der Waals surface area contributed by atoms with Crippen LogP contribution in [0.1, 0.15) is 38.7 Å². The van der Waals surface area contributed by atoms with Crippen molar-refractivity contribution in [3.63, 3.8) is 0 Å². The fourth-order valence-electron chi connectivity index (χ4n) is 2.52. The number of thiazole rings is 1. The van der Waals surface area contributed by atoms with Gasteiger partial charge in [-0.05, 0) is 38.0 Å². The van der Waals surface area contributed by atoms with Gasteiger partial charge in [-0.25, -0.2) is 4.98 Å². The zero-order valence-corrected chi connectivity index (χ0v) is 13.7. The largest absolute Gasteiger partial charge is 0.496 e. The quantitative estimate of drug-likeness (QED) is 0.891. The molecule has 5 heteroatoms. The van der Waals surface area contributed by atoms with Crippen molar-refractivity contribution in [1.29, 1.82) is 0 Å². The zero-order valence-electron chi connectivity index (χ0n) is 12.9. The molecule has 3 N–H and O–H groups in total. The lowest BCUT2D eigenvalue weighted by molar-refractivity contribution is 0.150. The second-order valence-corrected chi connectivity index (χ2v) is 6.43. The Hall–Kier alpha value is -1.43. The summed E-state index contributed by atoms with van der Waals surface area (Å²) >= 11 is 1.53. The van der Waals surface area contributed by atoms with E-state index in [0.717, 1.165) is 32.5 Å². The molecule has 114 valence electrons. The van der Waals surface area contributed by atoms with Crippen molar-refractivity contribution < 1.29 is 9.84 Å². The van der Waals surface area contributed by atoms with Crippen LogP contribution in [-0.4, -0.2) is 23.7 Å². The van der Waals surface area contributed by atoms with E-state index in [4.69, 9.17) is 10.5 Å². The lowest BCUT2D eigenvalue weighted by atomic mass is 9.91. The first-order valence-electron chi connectivity index (χ1n) is 6.94. The fourth-order valence-corrected chi connectivity index (χ4v) is 3.50. The number of aromatic nitrogens is 1. The zero-order chi connectivity index (χ0) is 15.6. The molecular formula is C16H22N2O2S. The molecule has 0 saturated heterocycles. The molecule has 4 nitrogen and oxygen atoms in total. The number of methoxy groups -OCH3 is 1. The van der Waals surface area contributed by atoms with Gasteiger partial charge in [-0.2, -0.15) is 0 Å². The smallest absolute Gasteiger partial charge is 0.122 e. The molecule has 0 aliphatic rings. The molecule has 0 radical (unpaired) electrons. The normalized spacial score (nSPS) is 14.0. The average Bonchev–Trinajstić information content (AvgIpc) is 2.80. The number of aliphatic hydroxyl groups is 1. The van der Waals surface area contributed by atoms with Gasteiger partial charge in [-0.3, -0.25) is 0 Å². The molecule has 1 heterocycles. The minimum Gasteiger partial charge on any atom is -0.496 e. The predicted octanol–water partition coefficient (Wildman–Crippen LogP) is 2.85. The van der Waals surface area contributed by atoms with Crippen molar-refractivity contribution in [2.24, 2.45) is 5.73 Å². The molecule has 0 spiro atoms. The maximum Gasteiger partial charge on any atom is 0.122 e. The molecule has 0 saturated carbocycles. The van der Waals surface area contributed by atoms with Crippen LogP contribution >= 0.6 is 11.3 Å². The molecule has 0 amide bonds. The maximum atomic E-state index is 10.7. The van der Waals surface area contributed by atoms with Gasteiger partial charge in [0.2, 0.25) is 0 Å². The fraction of sp³-hybridized carbons (Fsp3) is 0.438. The SMILES string of the molecule is COc1cc(C(CN)C(O)c2sc(C)nc2C)ccc1C. The van der Waals surface area contributed by atoms with Crippen LogP contribution in [0, 0.1) is 20.8 Å². The standard InChI is InChI=1S/C16H22N2O2S/c1-9-5-6-12(7-14(9)20-4)13(8-17)15(19)16-10(2)18-11(3)21-16/h5-7,13,15,19H,8,17H2,1-4H3. The van der Waals surface area contributed by atoms with E-state index in [1.54, 1.807) is 7.11 Å². The lowest BCUT2D eigenvalue weighted by Gasteiger charge is -2.22. The molecule has 2 atom stereocenters. The van der Waals surface area contributed by atoms with Gasteiger partial charge in [-0.15, -0.1) is 11.3 Å². The number of nitrogens with zero attached hydrogens (tertiary/aromatic N) is 1. The van der Waals surface area contributed by atoms with E-state index in [2.05, 4.69) is 4.98 Å². The summed E-state index contributed by atoms with van der Waals surface area (Å²) in [5, 5.41) is 11.7. The first-order chi connectivity index (χ1) is 9.97. The third kappa shape index (κ3) is 3.26. The number of aryl methyl sites for hydroxylation is 3. The topological polar surface area (TPSA) is 68.4 Å². The van der Waals surface area contributed by atoms with Gasteiger partial charge in [0.1, 0.15) is 5.75 Å². The second kappa shape index (κ2) is 6.56. The molecule has 2 rings (SSSR count). The van der Waals surface area contributed by atoms with Gasteiger partial charge in [-0.1, -0.05) is 12.1 Å². The number of ether oxygens (including phenoxy) is 1. The molecular weight excluding hydrogens is 284 g/mol. The summed E-state index contributed by atoms with van der Waals surface area (Å²) in [4.78, 5) is 5.27. The molecule has 0 fully saturated rings. The molecule has 21 heavy (non-hydrogen) atoms. The van der Waals surface area contributed by atoms with Crippen LogP contribution < -0.4 is 10.5 Å². The van der Waals surface area contributed by atoms with Crippen molar-refractivity contribution in [2.45, 2.75) is 32.8 Å². The van der Waals surface area contributed by atoms with Crippen molar-refractivity contribution >= 4 is 11.3 Å². The highest BCUT2D eigenvalue weighted by atomic mass is 32.1. The number of hydrogen-bond acceptors (Lipinski definition) is 5. The van der Waals surface area contributed by atoms with E-state index in [1.807, 2.05) is 39.0 Å². The summed E-state index contributed by atoms with van der Waals surface area (Å²) in [6.07, 6.45) is -0.645. The van der Waals surface area contributed by atoms with Crippen LogP contribution in [-0.2, 0) is 0 Å². The van der Waals surface area contributed by atoms with Crippen LogP contribution in [0.3, 0.4) is 0 Å². The van der Waals surface area contributed by atoms with Crippen molar-refractivity contribution in [2.75, 3.05) is 13.7 Å². The number of hydrogen-bond donors (Lipinski definition) is 2. The number of aliphatic hydroxyl groups excluding tert-OH is 1. The maximum absolute atomic E-state index is 10.7. The summed E-state index contributed by atoms with van der Waals surface area (Å²) in [7, 11) is 1.65. The Balaban J connectivity index is 2.37. The second-order valence-electron chi connectivity index (χ2n) is 5.20. The molecule has 0 aliphatic carbocycles. The minimum atomic E-state index is -0.645. The van der Waals surface area contributed by atoms with Crippen LogP contribution in [0.2, 0.25) is 0 Å². The summed E-state index contributed by atoms with van der Waals surface area (Å²) in [5.74, 6) is 0.647. The summed E-state index contributed by atoms with van der Waals surface area (Å²) in [5.41, 5.74) is 8.84. The summed E-state index contributed by atoms with van der Waals surface area (Å²) in [6.45, 7) is 6.22. The molecule has 1 aromatic heterocycles. The Labute approximate surface area is 129 Å². The molecule has 1 aromatic carbocycles. The Kier molecular flexibility index (Phi) is 4.98. The Morgan fingerprint density at radius 2 is 2.05 bits per heavy atom. The van der Waals surface area contributed by atoms with Gasteiger partial charge >= 0.3 is 0 Å². The van der Waals surface area contributed by atoms with Gasteiger partial charge in [0.05, 0.1) is 28.8 Å². The van der Waals surface area contributed by atoms with E-state index in [0.29, 0.717) is 6.54 Å². The van der Waals surface area contributed by atoms with Crippen LogP contribution in [0.25, 0.3) is 0 Å². The van der Waals surface area contributed by atoms with Gasteiger partial charge in [0.25, 0.3) is 0 Å². The highest BCUT2D eigenvalue weighted by Gasteiger charge is 2.25. The molecule has 0 aliphatic heterocycles.